The highest BCUT2D eigenvalue weighted by atomic mass is 35.5. The second kappa shape index (κ2) is 15.1. The number of amides is 3. The molecule has 1 saturated heterocycles. The Balaban J connectivity index is 1.97. The van der Waals surface area contributed by atoms with E-state index in [9.17, 15) is 9.59 Å². The normalized spacial score (nSPS) is 15.9. The maximum absolute atomic E-state index is 12.9. The number of nitrogens with zero attached hydrogens (tertiary/aromatic N) is 2. The van der Waals surface area contributed by atoms with Crippen molar-refractivity contribution in [2.24, 2.45) is 5.92 Å². The Kier molecular flexibility index (Phi) is 12.6. The summed E-state index contributed by atoms with van der Waals surface area (Å²) < 4.78 is 11.5. The Morgan fingerprint density at radius 1 is 1.23 bits per heavy atom. The molecule has 1 aromatic carbocycles. The molecule has 1 aromatic rings. The number of likely N-dealkylation sites (N-methyl/N-ethyl adjacent to an activating group) is 2. The Morgan fingerprint density at radius 2 is 1.94 bits per heavy atom. The lowest BCUT2D eigenvalue weighted by atomic mass is 9.92. The zero-order valence-electron chi connectivity index (χ0n) is 21.4. The van der Waals surface area contributed by atoms with Gasteiger partial charge in [-0.15, -0.1) is 0 Å². The van der Waals surface area contributed by atoms with E-state index in [0.29, 0.717) is 30.5 Å². The number of nitrogens with one attached hydrogen (secondary N) is 2. The van der Waals surface area contributed by atoms with Crippen molar-refractivity contribution in [1.82, 2.24) is 20.4 Å². The first-order chi connectivity index (χ1) is 16.7. The van der Waals surface area contributed by atoms with Crippen LogP contribution in [-0.4, -0.2) is 93.7 Å². The van der Waals surface area contributed by atoms with Crippen molar-refractivity contribution in [3.63, 3.8) is 0 Å². The molecule has 35 heavy (non-hydrogen) atoms. The molecule has 1 aliphatic heterocycles. The predicted molar refractivity (Wildman–Crippen MR) is 137 cm³/mol. The number of halogens is 1. The molecular formula is C25H41ClN4O5. The number of carboxylic acid groups (broad SMARTS) is 1. The van der Waals surface area contributed by atoms with Crippen molar-refractivity contribution < 1.29 is 24.2 Å². The summed E-state index contributed by atoms with van der Waals surface area (Å²) in [5.41, 5.74) is 1.97. The minimum absolute atomic E-state index is 0.0480. The molecule has 0 aliphatic carbocycles. The lowest BCUT2D eigenvalue weighted by Gasteiger charge is -2.29. The number of rotatable bonds is 13. The van der Waals surface area contributed by atoms with Gasteiger partial charge in [0.15, 0.2) is 0 Å². The number of carbonyl (C=O) groups excluding carboxylic acids is 1. The van der Waals surface area contributed by atoms with Crippen molar-refractivity contribution in [3.05, 3.63) is 34.3 Å². The van der Waals surface area contributed by atoms with Crippen LogP contribution < -0.4 is 10.6 Å². The summed E-state index contributed by atoms with van der Waals surface area (Å²) in [5, 5.41) is 16.0. The highest BCUT2D eigenvalue weighted by molar-refractivity contribution is 6.30. The zero-order valence-corrected chi connectivity index (χ0v) is 22.1. The van der Waals surface area contributed by atoms with E-state index in [1.807, 2.05) is 32.2 Å². The van der Waals surface area contributed by atoms with E-state index in [0.717, 1.165) is 43.6 Å². The minimum Gasteiger partial charge on any atom is -0.465 e. The van der Waals surface area contributed by atoms with Gasteiger partial charge in [0.2, 0.25) is 0 Å². The number of hydrogen-bond donors (Lipinski definition) is 3. The fourth-order valence-electron chi connectivity index (χ4n) is 4.24. The number of carbonyl (C=O) groups is 2. The number of benzene rings is 1. The monoisotopic (exact) mass is 512 g/mol. The first kappa shape index (κ1) is 29.2. The third kappa shape index (κ3) is 10.2. The van der Waals surface area contributed by atoms with Crippen LogP contribution in [0.5, 0.6) is 0 Å². The highest BCUT2D eigenvalue weighted by Crippen LogP contribution is 2.28. The topological polar surface area (TPSA) is 103 Å². The Hall–Kier alpha value is -2.07. The third-order valence-electron chi connectivity index (χ3n) is 6.47. The Bertz CT molecular complexity index is 806. The van der Waals surface area contributed by atoms with Gasteiger partial charge in [-0.2, -0.15) is 0 Å². The minimum atomic E-state index is -1.00. The molecule has 0 unspecified atom stereocenters. The highest BCUT2D eigenvalue weighted by Gasteiger charge is 2.23. The fraction of sp³-hybridized carbons (Fsp3) is 0.680. The van der Waals surface area contributed by atoms with Gasteiger partial charge in [-0.1, -0.05) is 17.7 Å². The number of urea groups is 1. The van der Waals surface area contributed by atoms with E-state index in [1.165, 1.54) is 11.9 Å². The van der Waals surface area contributed by atoms with Gasteiger partial charge in [-0.25, -0.2) is 9.59 Å². The van der Waals surface area contributed by atoms with Crippen molar-refractivity contribution >= 4 is 23.7 Å². The molecule has 0 saturated carbocycles. The van der Waals surface area contributed by atoms with Crippen molar-refractivity contribution in [2.75, 3.05) is 60.6 Å². The van der Waals surface area contributed by atoms with E-state index in [2.05, 4.69) is 10.6 Å². The van der Waals surface area contributed by atoms with Crippen molar-refractivity contribution in [2.45, 2.75) is 44.8 Å². The van der Waals surface area contributed by atoms with Crippen LogP contribution >= 0.6 is 11.6 Å². The van der Waals surface area contributed by atoms with Gasteiger partial charge in [-0.05, 0) is 68.8 Å². The van der Waals surface area contributed by atoms with Crippen LogP contribution in [0.3, 0.4) is 0 Å². The van der Waals surface area contributed by atoms with Crippen LogP contribution in [0.1, 0.15) is 42.9 Å². The second-order valence-corrected chi connectivity index (χ2v) is 9.71. The molecule has 2 rings (SSSR count). The summed E-state index contributed by atoms with van der Waals surface area (Å²) in [7, 11) is 5.18. The van der Waals surface area contributed by atoms with Gasteiger partial charge in [0.25, 0.3) is 0 Å². The molecule has 0 radical (unpaired) electrons. The molecular weight excluding hydrogens is 472 g/mol. The molecule has 10 heteroatoms. The zero-order chi connectivity index (χ0) is 25.8. The van der Waals surface area contributed by atoms with Gasteiger partial charge >= 0.3 is 12.1 Å². The quantitative estimate of drug-likeness (QED) is 0.372. The lowest BCUT2D eigenvalue weighted by Crippen LogP contribution is -2.48. The largest absolute Gasteiger partial charge is 0.465 e. The second-order valence-electron chi connectivity index (χ2n) is 9.27. The van der Waals surface area contributed by atoms with Crippen LogP contribution in [0.4, 0.5) is 9.59 Å². The first-order valence-corrected chi connectivity index (χ1v) is 12.6. The molecule has 198 valence electrons. The molecule has 2 atom stereocenters. The standard InChI is InChI=1S/C25H41ClN4O5/c1-18-5-6-20(26)16-22(18)23(35-14-11-30(4)25(32)33)7-10-29(3)24(31)28-21(17-27-2)15-19-8-12-34-13-9-19/h5-6,16,19,21,23,27H,7-15,17H2,1-4H3,(H,28,31)(H,32,33)/t21-,23-/m0/s1. The van der Waals surface area contributed by atoms with Gasteiger partial charge in [0, 0.05) is 58.0 Å². The summed E-state index contributed by atoms with van der Waals surface area (Å²) in [5.74, 6) is 0.556. The lowest BCUT2D eigenvalue weighted by molar-refractivity contribution is 0.0314. The molecule has 0 bridgehead atoms. The van der Waals surface area contributed by atoms with Crippen LogP contribution in [-0.2, 0) is 9.47 Å². The summed E-state index contributed by atoms with van der Waals surface area (Å²) in [6, 6.07) is 5.57. The number of ether oxygens (including phenoxy) is 2. The average molecular weight is 513 g/mol. The SMILES string of the molecule is CNC[C@H](CC1CCOCC1)NC(=O)N(C)CC[C@H](OCCN(C)C(=O)O)c1cc(Cl)ccc1C. The predicted octanol–water partition coefficient (Wildman–Crippen LogP) is 3.75. The molecule has 1 aliphatic rings. The van der Waals surface area contributed by atoms with Crippen LogP contribution in [0.25, 0.3) is 0 Å². The fourth-order valence-corrected chi connectivity index (χ4v) is 4.42. The third-order valence-corrected chi connectivity index (χ3v) is 6.71. The van der Waals surface area contributed by atoms with Crippen LogP contribution in [0.2, 0.25) is 5.02 Å². The number of aryl methyl sites for hydroxylation is 1. The first-order valence-electron chi connectivity index (χ1n) is 12.3. The van der Waals surface area contributed by atoms with Gasteiger partial charge in [0.1, 0.15) is 0 Å². The number of hydrogen-bond acceptors (Lipinski definition) is 5. The molecule has 1 heterocycles. The molecule has 9 nitrogen and oxygen atoms in total. The van der Waals surface area contributed by atoms with Gasteiger partial charge in [-0.3, -0.25) is 0 Å². The molecule has 3 N–H and O–H groups in total. The van der Waals surface area contributed by atoms with Crippen molar-refractivity contribution in [1.29, 1.82) is 0 Å². The van der Waals surface area contributed by atoms with Gasteiger partial charge < -0.3 is 35.0 Å². The summed E-state index contributed by atoms with van der Waals surface area (Å²) in [4.78, 5) is 26.9. The van der Waals surface area contributed by atoms with Crippen LogP contribution in [0.15, 0.2) is 18.2 Å². The molecule has 0 aromatic heterocycles. The van der Waals surface area contributed by atoms with Crippen molar-refractivity contribution in [3.8, 4) is 0 Å². The van der Waals surface area contributed by atoms with Gasteiger partial charge in [0.05, 0.1) is 12.7 Å². The van der Waals surface area contributed by atoms with E-state index in [1.54, 1.807) is 11.9 Å². The average Bonchev–Trinajstić information content (AvgIpc) is 2.83. The van der Waals surface area contributed by atoms with E-state index < -0.39 is 6.09 Å². The van der Waals surface area contributed by atoms with E-state index in [4.69, 9.17) is 26.2 Å². The maximum Gasteiger partial charge on any atom is 0.407 e. The maximum atomic E-state index is 12.9. The van der Waals surface area contributed by atoms with E-state index in [-0.39, 0.29) is 31.3 Å². The van der Waals surface area contributed by atoms with Crippen LogP contribution in [0, 0.1) is 12.8 Å². The molecule has 3 amide bonds. The summed E-state index contributed by atoms with van der Waals surface area (Å²) in [6.45, 7) is 5.24. The molecule has 0 spiro atoms. The summed E-state index contributed by atoms with van der Waals surface area (Å²) >= 11 is 6.24. The van der Waals surface area contributed by atoms with E-state index >= 15 is 0 Å². The Labute approximate surface area is 214 Å². The smallest absolute Gasteiger partial charge is 0.407 e. The summed E-state index contributed by atoms with van der Waals surface area (Å²) in [6.07, 6.45) is 2.22. The molecule has 1 fully saturated rings. The Morgan fingerprint density at radius 3 is 2.60 bits per heavy atom.